The van der Waals surface area contributed by atoms with Gasteiger partial charge in [-0.15, -0.1) is 10.2 Å². The zero-order chi connectivity index (χ0) is 12.3. The average molecular weight is 300 g/mol. The summed E-state index contributed by atoms with van der Waals surface area (Å²) >= 11 is 3.45. The predicted molar refractivity (Wildman–Crippen MR) is 64.6 cm³/mol. The SMILES string of the molecule is CCCn1nnnc1Cn1cc(C(C)Br)nn1. The smallest absolute Gasteiger partial charge is 0.172 e. The fourth-order valence-corrected chi connectivity index (χ4v) is 1.65. The first-order valence-electron chi connectivity index (χ1n) is 5.50. The summed E-state index contributed by atoms with van der Waals surface area (Å²) < 4.78 is 3.53. The third-order valence-electron chi connectivity index (χ3n) is 2.31. The van der Waals surface area contributed by atoms with Crippen molar-refractivity contribution in [2.75, 3.05) is 0 Å². The molecular weight excluding hydrogens is 286 g/mol. The Balaban J connectivity index is 2.11. The number of hydrogen-bond acceptors (Lipinski definition) is 5. The fourth-order valence-electron chi connectivity index (χ4n) is 1.44. The van der Waals surface area contributed by atoms with E-state index in [1.54, 1.807) is 9.36 Å². The highest BCUT2D eigenvalue weighted by atomic mass is 79.9. The van der Waals surface area contributed by atoms with E-state index in [9.17, 15) is 0 Å². The average Bonchev–Trinajstić information content (AvgIpc) is 2.90. The van der Waals surface area contributed by atoms with Gasteiger partial charge in [-0.1, -0.05) is 28.1 Å². The molecule has 92 valence electrons. The van der Waals surface area contributed by atoms with E-state index in [1.165, 1.54) is 0 Å². The molecule has 0 spiro atoms. The van der Waals surface area contributed by atoms with Crippen molar-refractivity contribution in [1.82, 2.24) is 35.2 Å². The van der Waals surface area contributed by atoms with E-state index < -0.39 is 0 Å². The van der Waals surface area contributed by atoms with Gasteiger partial charge in [0.25, 0.3) is 0 Å². The molecule has 7 nitrogen and oxygen atoms in total. The van der Waals surface area contributed by atoms with Crippen LogP contribution >= 0.6 is 15.9 Å². The second kappa shape index (κ2) is 5.35. The van der Waals surface area contributed by atoms with E-state index in [0.29, 0.717) is 6.54 Å². The Kier molecular flexibility index (Phi) is 3.82. The molecule has 0 aromatic carbocycles. The van der Waals surface area contributed by atoms with Crippen LogP contribution in [-0.2, 0) is 13.1 Å². The van der Waals surface area contributed by atoms with Crippen molar-refractivity contribution in [3.8, 4) is 0 Å². The first-order valence-corrected chi connectivity index (χ1v) is 6.41. The summed E-state index contributed by atoms with van der Waals surface area (Å²) in [6.07, 6.45) is 2.89. The summed E-state index contributed by atoms with van der Waals surface area (Å²) in [5, 5.41) is 19.7. The number of alkyl halides is 1. The third kappa shape index (κ3) is 2.87. The molecule has 0 aliphatic heterocycles. The fraction of sp³-hybridized carbons (Fsp3) is 0.667. The van der Waals surface area contributed by atoms with Crippen LogP contribution in [0.3, 0.4) is 0 Å². The van der Waals surface area contributed by atoms with Crippen LogP contribution in [0, 0.1) is 0 Å². The van der Waals surface area contributed by atoms with Crippen molar-refractivity contribution < 1.29 is 0 Å². The summed E-state index contributed by atoms with van der Waals surface area (Å²) in [7, 11) is 0. The van der Waals surface area contributed by atoms with Crippen molar-refractivity contribution in [2.24, 2.45) is 0 Å². The molecule has 2 heterocycles. The maximum Gasteiger partial charge on any atom is 0.172 e. The van der Waals surface area contributed by atoms with Gasteiger partial charge in [-0.2, -0.15) is 0 Å². The Bertz CT molecular complexity index is 475. The van der Waals surface area contributed by atoms with Crippen LogP contribution in [0.2, 0.25) is 0 Å². The molecular formula is C9H14BrN7. The van der Waals surface area contributed by atoms with Crippen LogP contribution in [0.5, 0.6) is 0 Å². The minimum atomic E-state index is 0.197. The Morgan fingerprint density at radius 3 is 2.82 bits per heavy atom. The van der Waals surface area contributed by atoms with Gasteiger partial charge in [-0.05, 0) is 23.8 Å². The molecule has 1 unspecified atom stereocenters. The lowest BCUT2D eigenvalue weighted by atomic mass is 10.4. The van der Waals surface area contributed by atoms with Gasteiger partial charge in [0.15, 0.2) is 5.82 Å². The summed E-state index contributed by atoms with van der Waals surface area (Å²) in [6.45, 7) is 5.46. The van der Waals surface area contributed by atoms with Gasteiger partial charge in [-0.3, -0.25) is 0 Å². The van der Waals surface area contributed by atoms with Crippen LogP contribution in [0.4, 0.5) is 0 Å². The number of aromatic nitrogens is 7. The van der Waals surface area contributed by atoms with Gasteiger partial charge in [-0.25, -0.2) is 9.36 Å². The third-order valence-corrected chi connectivity index (χ3v) is 2.78. The van der Waals surface area contributed by atoms with Crippen molar-refractivity contribution in [3.05, 3.63) is 17.7 Å². The van der Waals surface area contributed by atoms with Crippen molar-refractivity contribution >= 4 is 15.9 Å². The summed E-state index contributed by atoms with van der Waals surface area (Å²) in [5.74, 6) is 0.797. The lowest BCUT2D eigenvalue weighted by Gasteiger charge is -2.01. The molecule has 0 bridgehead atoms. The van der Waals surface area contributed by atoms with Gasteiger partial charge >= 0.3 is 0 Å². The number of nitrogens with zero attached hydrogens (tertiary/aromatic N) is 7. The largest absolute Gasteiger partial charge is 0.245 e. The molecule has 0 N–H and O–H groups in total. The maximum absolute atomic E-state index is 4.06. The highest BCUT2D eigenvalue weighted by Gasteiger charge is 2.10. The highest BCUT2D eigenvalue weighted by Crippen LogP contribution is 2.18. The first kappa shape index (κ1) is 12.2. The molecule has 0 aliphatic carbocycles. The predicted octanol–water partition coefficient (Wildman–Crippen LogP) is 1.18. The van der Waals surface area contributed by atoms with Gasteiger partial charge in [0.2, 0.25) is 0 Å². The van der Waals surface area contributed by atoms with Crippen LogP contribution in [0.1, 0.15) is 36.6 Å². The molecule has 0 saturated heterocycles. The molecule has 1 atom stereocenters. The monoisotopic (exact) mass is 299 g/mol. The van der Waals surface area contributed by atoms with Crippen LogP contribution in [-0.4, -0.2) is 35.2 Å². The summed E-state index contributed by atoms with van der Waals surface area (Å²) in [4.78, 5) is 0.197. The maximum atomic E-state index is 4.06. The molecule has 0 aliphatic rings. The van der Waals surface area contributed by atoms with Crippen molar-refractivity contribution in [3.63, 3.8) is 0 Å². The van der Waals surface area contributed by atoms with Crippen LogP contribution in [0.25, 0.3) is 0 Å². The van der Waals surface area contributed by atoms with E-state index in [4.69, 9.17) is 0 Å². The standard InChI is InChI=1S/C9H14BrN7/c1-3-4-17-9(12-13-15-17)6-16-5-8(7(2)10)11-14-16/h5,7H,3-4,6H2,1-2H3. The molecule has 0 amide bonds. The lowest BCUT2D eigenvalue weighted by molar-refractivity contribution is 0.526. The quantitative estimate of drug-likeness (QED) is 0.775. The molecule has 2 aromatic heterocycles. The minimum absolute atomic E-state index is 0.197. The van der Waals surface area contributed by atoms with Gasteiger partial charge in [0.05, 0.1) is 16.7 Å². The normalized spacial score (nSPS) is 12.9. The van der Waals surface area contributed by atoms with Crippen LogP contribution in [0.15, 0.2) is 6.20 Å². The van der Waals surface area contributed by atoms with Gasteiger partial charge in [0.1, 0.15) is 6.54 Å². The van der Waals surface area contributed by atoms with E-state index in [-0.39, 0.29) is 4.83 Å². The van der Waals surface area contributed by atoms with E-state index in [2.05, 4.69) is 48.7 Å². The summed E-state index contributed by atoms with van der Waals surface area (Å²) in [5.41, 5.74) is 0.902. The molecule has 2 aromatic rings. The van der Waals surface area contributed by atoms with E-state index >= 15 is 0 Å². The van der Waals surface area contributed by atoms with Gasteiger partial charge in [0, 0.05) is 6.54 Å². The van der Waals surface area contributed by atoms with Crippen molar-refractivity contribution in [1.29, 1.82) is 0 Å². The number of tetrazole rings is 1. The second-order valence-electron chi connectivity index (χ2n) is 3.78. The molecule has 2 rings (SSSR count). The number of halogens is 1. The highest BCUT2D eigenvalue weighted by molar-refractivity contribution is 9.09. The topological polar surface area (TPSA) is 74.3 Å². The number of hydrogen-bond donors (Lipinski definition) is 0. The Hall–Kier alpha value is -1.31. The lowest BCUT2D eigenvalue weighted by Crippen LogP contribution is -2.10. The summed E-state index contributed by atoms with van der Waals surface area (Å²) in [6, 6.07) is 0. The Labute approximate surface area is 107 Å². The molecule has 0 radical (unpaired) electrons. The zero-order valence-corrected chi connectivity index (χ0v) is 11.4. The molecule has 0 saturated carbocycles. The molecule has 17 heavy (non-hydrogen) atoms. The van der Waals surface area contributed by atoms with E-state index in [0.717, 1.165) is 24.5 Å². The molecule has 0 fully saturated rings. The Morgan fingerprint density at radius 1 is 1.35 bits per heavy atom. The number of aryl methyl sites for hydroxylation is 1. The van der Waals surface area contributed by atoms with Gasteiger partial charge < -0.3 is 0 Å². The molecule has 8 heteroatoms. The number of rotatable bonds is 5. The Morgan fingerprint density at radius 2 is 2.18 bits per heavy atom. The second-order valence-corrected chi connectivity index (χ2v) is 5.15. The zero-order valence-electron chi connectivity index (χ0n) is 9.78. The first-order chi connectivity index (χ1) is 8.20. The van der Waals surface area contributed by atoms with Crippen molar-refractivity contribution in [2.45, 2.75) is 38.2 Å². The minimum Gasteiger partial charge on any atom is -0.245 e. The van der Waals surface area contributed by atoms with Crippen LogP contribution < -0.4 is 0 Å². The van der Waals surface area contributed by atoms with E-state index in [1.807, 2.05) is 13.1 Å².